The van der Waals surface area contributed by atoms with Crippen molar-refractivity contribution in [3.63, 3.8) is 0 Å². The molecule has 4 rings (SSSR count). The third kappa shape index (κ3) is 6.01. The standard InChI is InChI=1S/C30H28N2O3S/c1-20-7-3-5-9-24(20)26-18-21(11-12-22-17-23-8-4-6-10-27(23)31-19-22)13-14-25(26)29(33)32-28(30(34)35)15-16-36-2/h3-14,17-19,28H,15-16H2,1-2H3,(H,32,33)(H,34,35). The molecule has 0 saturated heterocycles. The Hall–Kier alpha value is -3.90. The number of aliphatic carboxylic acids is 1. The third-order valence-electron chi connectivity index (χ3n) is 6.02. The molecule has 0 aliphatic heterocycles. The van der Waals surface area contributed by atoms with Crippen molar-refractivity contribution in [3.8, 4) is 11.1 Å². The zero-order chi connectivity index (χ0) is 25.5. The van der Waals surface area contributed by atoms with Gasteiger partial charge in [-0.1, -0.05) is 60.7 Å². The lowest BCUT2D eigenvalue weighted by Crippen LogP contribution is -2.41. The molecule has 1 aromatic heterocycles. The first kappa shape index (κ1) is 25.2. The number of aromatic nitrogens is 1. The largest absolute Gasteiger partial charge is 0.480 e. The van der Waals surface area contributed by atoms with Gasteiger partial charge < -0.3 is 10.4 Å². The van der Waals surface area contributed by atoms with Crippen LogP contribution in [0.15, 0.2) is 79.0 Å². The number of nitrogens with zero attached hydrogens (tertiary/aromatic N) is 1. The topological polar surface area (TPSA) is 79.3 Å². The normalized spacial score (nSPS) is 12.1. The van der Waals surface area contributed by atoms with Gasteiger partial charge in [0.05, 0.1) is 5.52 Å². The van der Waals surface area contributed by atoms with E-state index in [2.05, 4.69) is 16.4 Å². The molecule has 0 radical (unpaired) electrons. The first-order valence-electron chi connectivity index (χ1n) is 11.7. The summed E-state index contributed by atoms with van der Waals surface area (Å²) < 4.78 is 0. The fourth-order valence-electron chi connectivity index (χ4n) is 4.06. The predicted molar refractivity (Wildman–Crippen MR) is 149 cm³/mol. The maximum Gasteiger partial charge on any atom is 0.326 e. The quantitative estimate of drug-likeness (QED) is 0.284. The van der Waals surface area contributed by atoms with Crippen LogP contribution in [0.1, 0.15) is 33.5 Å². The highest BCUT2D eigenvalue weighted by atomic mass is 32.2. The average Bonchev–Trinajstić information content (AvgIpc) is 2.89. The van der Waals surface area contributed by atoms with Gasteiger partial charge >= 0.3 is 5.97 Å². The fourth-order valence-corrected chi connectivity index (χ4v) is 4.53. The number of carbonyl (C=O) groups excluding carboxylic acids is 1. The molecule has 0 bridgehead atoms. The van der Waals surface area contributed by atoms with E-state index in [9.17, 15) is 14.7 Å². The van der Waals surface area contributed by atoms with Gasteiger partial charge in [-0.2, -0.15) is 11.8 Å². The van der Waals surface area contributed by atoms with Crippen LogP contribution in [-0.2, 0) is 4.79 Å². The Labute approximate surface area is 215 Å². The predicted octanol–water partition coefficient (Wildman–Crippen LogP) is 6.32. The van der Waals surface area contributed by atoms with Gasteiger partial charge in [0.2, 0.25) is 0 Å². The number of benzene rings is 3. The number of aryl methyl sites for hydroxylation is 1. The summed E-state index contributed by atoms with van der Waals surface area (Å²) in [5, 5.41) is 13.4. The second kappa shape index (κ2) is 11.7. The van der Waals surface area contributed by atoms with Gasteiger partial charge in [-0.05, 0) is 77.4 Å². The number of carboxylic acid groups (broad SMARTS) is 1. The average molecular weight is 497 g/mol. The molecule has 5 nitrogen and oxygen atoms in total. The van der Waals surface area contributed by atoms with Crippen molar-refractivity contribution < 1.29 is 14.7 Å². The van der Waals surface area contributed by atoms with Gasteiger partial charge in [-0.3, -0.25) is 9.78 Å². The Morgan fingerprint density at radius 2 is 1.72 bits per heavy atom. The van der Waals surface area contributed by atoms with Crippen LogP contribution in [0.3, 0.4) is 0 Å². The third-order valence-corrected chi connectivity index (χ3v) is 6.66. The number of carboxylic acids is 1. The molecule has 0 aliphatic carbocycles. The Bertz CT molecular complexity index is 1430. The molecule has 0 saturated carbocycles. The fraction of sp³-hybridized carbons (Fsp3) is 0.167. The maximum atomic E-state index is 13.2. The summed E-state index contributed by atoms with van der Waals surface area (Å²) in [4.78, 5) is 29.5. The summed E-state index contributed by atoms with van der Waals surface area (Å²) in [7, 11) is 0. The van der Waals surface area contributed by atoms with Crippen molar-refractivity contribution in [3.05, 3.63) is 101 Å². The van der Waals surface area contributed by atoms with Gasteiger partial charge in [0.25, 0.3) is 5.91 Å². The Morgan fingerprint density at radius 3 is 2.50 bits per heavy atom. The number of nitrogens with one attached hydrogen (secondary N) is 1. The lowest BCUT2D eigenvalue weighted by atomic mass is 9.93. The first-order chi connectivity index (χ1) is 17.5. The molecule has 182 valence electrons. The van der Waals surface area contributed by atoms with Crippen LogP contribution in [0.5, 0.6) is 0 Å². The monoisotopic (exact) mass is 496 g/mol. The van der Waals surface area contributed by atoms with E-state index >= 15 is 0 Å². The first-order valence-corrected chi connectivity index (χ1v) is 13.1. The Morgan fingerprint density at radius 1 is 0.972 bits per heavy atom. The minimum atomic E-state index is -1.03. The van der Waals surface area contributed by atoms with Crippen LogP contribution >= 0.6 is 11.8 Å². The minimum absolute atomic E-state index is 0.364. The molecule has 2 N–H and O–H groups in total. The molecule has 0 aliphatic rings. The molecule has 1 unspecified atom stereocenters. The number of rotatable bonds is 9. The van der Waals surface area contributed by atoms with Crippen molar-refractivity contribution in [2.45, 2.75) is 19.4 Å². The second-order valence-corrected chi connectivity index (χ2v) is 9.55. The van der Waals surface area contributed by atoms with Crippen molar-refractivity contribution in [2.24, 2.45) is 0 Å². The van der Waals surface area contributed by atoms with E-state index in [0.717, 1.165) is 38.7 Å². The lowest BCUT2D eigenvalue weighted by molar-refractivity contribution is -0.139. The smallest absolute Gasteiger partial charge is 0.326 e. The van der Waals surface area contributed by atoms with Crippen LogP contribution in [-0.4, -0.2) is 40.0 Å². The van der Waals surface area contributed by atoms with E-state index in [4.69, 9.17) is 0 Å². The minimum Gasteiger partial charge on any atom is -0.480 e. The van der Waals surface area contributed by atoms with Gasteiger partial charge in [-0.25, -0.2) is 4.79 Å². The lowest BCUT2D eigenvalue weighted by Gasteiger charge is -2.17. The number of hydrogen-bond donors (Lipinski definition) is 2. The second-order valence-electron chi connectivity index (χ2n) is 8.56. The molecular weight excluding hydrogens is 468 g/mol. The SMILES string of the molecule is CSCCC(NC(=O)c1ccc(C=Cc2cnc3ccccc3c2)cc1-c1ccccc1C)C(=O)O. The van der Waals surface area contributed by atoms with Crippen LogP contribution in [0.2, 0.25) is 0 Å². The molecule has 1 amide bonds. The number of amides is 1. The molecule has 36 heavy (non-hydrogen) atoms. The number of pyridine rings is 1. The molecule has 0 fully saturated rings. The summed E-state index contributed by atoms with van der Waals surface area (Å²) in [5.41, 5.74) is 6.03. The van der Waals surface area contributed by atoms with E-state index in [-0.39, 0.29) is 0 Å². The summed E-state index contributed by atoms with van der Waals surface area (Å²) in [6, 6.07) is 22.6. The van der Waals surface area contributed by atoms with Crippen LogP contribution in [0.25, 0.3) is 34.2 Å². The van der Waals surface area contributed by atoms with Gasteiger partial charge in [0.1, 0.15) is 6.04 Å². The Kier molecular flexibility index (Phi) is 8.18. The highest BCUT2D eigenvalue weighted by Crippen LogP contribution is 2.29. The number of carbonyl (C=O) groups is 2. The number of hydrogen-bond acceptors (Lipinski definition) is 4. The molecule has 4 aromatic rings. The maximum absolute atomic E-state index is 13.2. The van der Waals surface area contributed by atoms with Crippen molar-refractivity contribution in [1.82, 2.24) is 10.3 Å². The molecule has 1 atom stereocenters. The molecule has 6 heteroatoms. The number of thioether (sulfide) groups is 1. The van der Waals surface area contributed by atoms with E-state index < -0.39 is 17.9 Å². The van der Waals surface area contributed by atoms with Crippen molar-refractivity contribution in [2.75, 3.05) is 12.0 Å². The van der Waals surface area contributed by atoms with E-state index in [1.165, 1.54) is 0 Å². The summed E-state index contributed by atoms with van der Waals surface area (Å²) in [5.74, 6) is -0.774. The number of fused-ring (bicyclic) bond motifs is 1. The van der Waals surface area contributed by atoms with Crippen LogP contribution < -0.4 is 5.32 Å². The van der Waals surface area contributed by atoms with Crippen molar-refractivity contribution >= 4 is 46.7 Å². The summed E-state index contributed by atoms with van der Waals surface area (Å²) in [6.07, 6.45) is 8.11. The zero-order valence-corrected chi connectivity index (χ0v) is 21.1. The highest BCUT2D eigenvalue weighted by molar-refractivity contribution is 7.98. The van der Waals surface area contributed by atoms with E-state index in [1.54, 1.807) is 17.8 Å². The molecule has 0 spiro atoms. The van der Waals surface area contributed by atoms with Crippen molar-refractivity contribution in [1.29, 1.82) is 0 Å². The van der Waals surface area contributed by atoms with Gasteiger partial charge in [0, 0.05) is 17.1 Å². The van der Waals surface area contributed by atoms with E-state index in [0.29, 0.717) is 17.7 Å². The molecular formula is C30H28N2O3S. The molecule has 3 aromatic carbocycles. The zero-order valence-electron chi connectivity index (χ0n) is 20.3. The van der Waals surface area contributed by atoms with E-state index in [1.807, 2.05) is 92.2 Å². The summed E-state index contributed by atoms with van der Waals surface area (Å²) in [6.45, 7) is 2.00. The molecule has 1 heterocycles. The van der Waals surface area contributed by atoms with Gasteiger partial charge in [-0.15, -0.1) is 0 Å². The van der Waals surface area contributed by atoms with Crippen LogP contribution in [0.4, 0.5) is 0 Å². The van der Waals surface area contributed by atoms with Gasteiger partial charge in [0.15, 0.2) is 0 Å². The number of para-hydroxylation sites is 1. The highest BCUT2D eigenvalue weighted by Gasteiger charge is 2.22. The Balaban J connectivity index is 1.68. The summed E-state index contributed by atoms with van der Waals surface area (Å²) >= 11 is 1.55. The van der Waals surface area contributed by atoms with Crippen LogP contribution in [0, 0.1) is 6.92 Å².